The second-order valence-corrected chi connectivity index (χ2v) is 7.37. The smallest absolute Gasteiger partial charge is 0.267 e. The molecule has 0 saturated carbocycles. The van der Waals surface area contributed by atoms with E-state index < -0.39 is 5.60 Å². The highest BCUT2D eigenvalue weighted by Gasteiger charge is 2.47. The number of carbonyl (C=O) groups excluding carboxylic acids is 1. The number of aromatic nitrogens is 2. The lowest BCUT2D eigenvalue weighted by Gasteiger charge is -2.48. The number of carbonyl (C=O) groups is 1. The maximum Gasteiger partial charge on any atom is 0.267 e. The second kappa shape index (κ2) is 4.52. The fraction of sp³-hybridized carbons (Fsp3) is 0.769. The molecule has 0 spiro atoms. The van der Waals surface area contributed by atoms with Crippen molar-refractivity contribution >= 4 is 17.4 Å². The SMILES string of the molecule is CC(C)C1(O)CN(C(=O)c2snnc2C(C)(C)C)C1. The van der Waals surface area contributed by atoms with Crippen molar-refractivity contribution < 1.29 is 9.90 Å². The zero-order valence-corrected chi connectivity index (χ0v) is 12.9. The van der Waals surface area contributed by atoms with Gasteiger partial charge in [-0.15, -0.1) is 5.10 Å². The summed E-state index contributed by atoms with van der Waals surface area (Å²) in [7, 11) is 0. The summed E-state index contributed by atoms with van der Waals surface area (Å²) in [6.07, 6.45) is 0. The highest BCUT2D eigenvalue weighted by atomic mass is 32.1. The van der Waals surface area contributed by atoms with Gasteiger partial charge in [0, 0.05) is 5.41 Å². The number of aliphatic hydroxyl groups is 1. The van der Waals surface area contributed by atoms with Gasteiger partial charge in [-0.05, 0) is 17.5 Å². The van der Waals surface area contributed by atoms with Crippen LogP contribution in [0.2, 0.25) is 0 Å². The van der Waals surface area contributed by atoms with Crippen LogP contribution in [0.4, 0.5) is 0 Å². The lowest BCUT2D eigenvalue weighted by molar-refractivity contribution is -0.110. The normalized spacial score (nSPS) is 18.6. The molecular formula is C13H21N3O2S. The molecule has 1 amide bonds. The first kappa shape index (κ1) is 14.4. The van der Waals surface area contributed by atoms with Crippen molar-refractivity contribution in [2.24, 2.45) is 5.92 Å². The van der Waals surface area contributed by atoms with Gasteiger partial charge in [-0.3, -0.25) is 4.79 Å². The molecule has 1 aromatic rings. The number of β-amino-alcohol motifs (C(OH)–C–C–N with tert-alkyl or cyclic N) is 1. The van der Waals surface area contributed by atoms with Crippen molar-refractivity contribution in [3.8, 4) is 0 Å². The van der Waals surface area contributed by atoms with E-state index in [-0.39, 0.29) is 17.2 Å². The van der Waals surface area contributed by atoms with Crippen LogP contribution in [0.3, 0.4) is 0 Å². The van der Waals surface area contributed by atoms with Crippen LogP contribution in [0.5, 0.6) is 0 Å². The number of likely N-dealkylation sites (tertiary alicyclic amines) is 1. The first-order chi connectivity index (χ1) is 8.65. The molecule has 0 atom stereocenters. The minimum atomic E-state index is -0.740. The highest BCUT2D eigenvalue weighted by molar-refractivity contribution is 7.08. The number of rotatable bonds is 2. The van der Waals surface area contributed by atoms with Crippen LogP contribution in [0, 0.1) is 5.92 Å². The molecule has 1 aliphatic heterocycles. The van der Waals surface area contributed by atoms with Crippen LogP contribution in [0.1, 0.15) is 50.0 Å². The van der Waals surface area contributed by atoms with Crippen molar-refractivity contribution in [1.29, 1.82) is 0 Å². The van der Waals surface area contributed by atoms with E-state index >= 15 is 0 Å². The quantitative estimate of drug-likeness (QED) is 0.896. The minimum Gasteiger partial charge on any atom is -0.386 e. The summed E-state index contributed by atoms with van der Waals surface area (Å²) < 4.78 is 3.90. The third kappa shape index (κ3) is 2.51. The molecule has 2 rings (SSSR count). The maximum absolute atomic E-state index is 12.4. The Kier molecular flexibility index (Phi) is 3.43. The molecule has 1 fully saturated rings. The van der Waals surface area contributed by atoms with Gasteiger partial charge in [0.1, 0.15) is 10.5 Å². The molecule has 0 aromatic carbocycles. The van der Waals surface area contributed by atoms with Crippen LogP contribution in [0.15, 0.2) is 0 Å². The first-order valence-corrected chi connectivity index (χ1v) is 7.27. The van der Waals surface area contributed by atoms with E-state index in [2.05, 4.69) is 9.59 Å². The Labute approximate surface area is 117 Å². The Bertz CT molecular complexity index is 484. The number of hydrogen-bond acceptors (Lipinski definition) is 5. The Morgan fingerprint density at radius 1 is 1.42 bits per heavy atom. The van der Waals surface area contributed by atoms with Crippen LogP contribution >= 0.6 is 11.5 Å². The average molecular weight is 283 g/mol. The summed E-state index contributed by atoms with van der Waals surface area (Å²) >= 11 is 1.14. The summed E-state index contributed by atoms with van der Waals surface area (Å²) in [5.41, 5.74) is -0.199. The third-order valence-electron chi connectivity index (χ3n) is 3.68. The zero-order chi connectivity index (χ0) is 14.4. The summed E-state index contributed by atoms with van der Waals surface area (Å²) in [6.45, 7) is 10.8. The van der Waals surface area contributed by atoms with Gasteiger partial charge in [-0.25, -0.2) is 0 Å². The van der Waals surface area contributed by atoms with Crippen molar-refractivity contribution in [3.05, 3.63) is 10.6 Å². The molecule has 2 heterocycles. The fourth-order valence-electron chi connectivity index (χ4n) is 2.09. The molecule has 1 aromatic heterocycles. The lowest BCUT2D eigenvalue weighted by atomic mass is 9.82. The van der Waals surface area contributed by atoms with Crippen molar-refractivity contribution in [1.82, 2.24) is 14.5 Å². The van der Waals surface area contributed by atoms with E-state index in [9.17, 15) is 9.90 Å². The molecule has 0 radical (unpaired) electrons. The van der Waals surface area contributed by atoms with Gasteiger partial charge in [0.15, 0.2) is 0 Å². The number of nitrogens with zero attached hydrogens (tertiary/aromatic N) is 3. The van der Waals surface area contributed by atoms with E-state index in [1.165, 1.54) is 0 Å². The molecule has 106 valence electrons. The zero-order valence-electron chi connectivity index (χ0n) is 12.1. The maximum atomic E-state index is 12.4. The highest BCUT2D eigenvalue weighted by Crippen LogP contribution is 2.32. The Hall–Kier alpha value is -1.01. The van der Waals surface area contributed by atoms with E-state index in [0.29, 0.717) is 18.0 Å². The van der Waals surface area contributed by atoms with Crippen LogP contribution in [-0.2, 0) is 5.41 Å². The Balaban J connectivity index is 2.14. The first-order valence-electron chi connectivity index (χ1n) is 6.49. The van der Waals surface area contributed by atoms with Gasteiger partial charge in [0.2, 0.25) is 0 Å². The van der Waals surface area contributed by atoms with Gasteiger partial charge in [0.05, 0.1) is 18.8 Å². The number of amides is 1. The third-order valence-corrected chi connectivity index (χ3v) is 4.40. The van der Waals surface area contributed by atoms with Crippen molar-refractivity contribution in [2.75, 3.05) is 13.1 Å². The number of hydrogen-bond donors (Lipinski definition) is 1. The predicted octanol–water partition coefficient (Wildman–Crippen LogP) is 1.68. The standard InChI is InChI=1S/C13H21N3O2S/c1-8(2)13(18)6-16(7-13)11(17)9-10(12(3,4)5)14-15-19-9/h8,18H,6-7H2,1-5H3. The molecule has 0 bridgehead atoms. The summed E-state index contributed by atoms with van der Waals surface area (Å²) in [4.78, 5) is 14.7. The van der Waals surface area contributed by atoms with Gasteiger partial charge in [0.25, 0.3) is 5.91 Å². The molecule has 1 saturated heterocycles. The van der Waals surface area contributed by atoms with E-state index in [4.69, 9.17) is 0 Å². The average Bonchev–Trinajstić information content (AvgIpc) is 2.71. The van der Waals surface area contributed by atoms with Crippen LogP contribution in [-0.4, -0.2) is 44.2 Å². The molecule has 1 aliphatic rings. The molecule has 0 aliphatic carbocycles. The minimum absolute atomic E-state index is 0.0646. The van der Waals surface area contributed by atoms with Gasteiger partial charge >= 0.3 is 0 Å². The Morgan fingerprint density at radius 2 is 2.00 bits per heavy atom. The van der Waals surface area contributed by atoms with Crippen molar-refractivity contribution in [2.45, 2.75) is 45.6 Å². The summed E-state index contributed by atoms with van der Waals surface area (Å²) in [5, 5.41) is 14.3. The summed E-state index contributed by atoms with van der Waals surface area (Å²) in [6, 6.07) is 0. The second-order valence-electron chi connectivity index (χ2n) is 6.62. The lowest BCUT2D eigenvalue weighted by Crippen LogP contribution is -2.66. The predicted molar refractivity (Wildman–Crippen MR) is 74.3 cm³/mol. The molecule has 19 heavy (non-hydrogen) atoms. The van der Waals surface area contributed by atoms with Gasteiger partial charge in [-0.1, -0.05) is 39.1 Å². The molecule has 5 nitrogen and oxygen atoms in total. The molecular weight excluding hydrogens is 262 g/mol. The van der Waals surface area contributed by atoms with Crippen LogP contribution < -0.4 is 0 Å². The molecule has 1 N–H and O–H groups in total. The van der Waals surface area contributed by atoms with E-state index in [0.717, 1.165) is 17.2 Å². The van der Waals surface area contributed by atoms with Gasteiger partial charge < -0.3 is 10.0 Å². The van der Waals surface area contributed by atoms with E-state index in [1.807, 2.05) is 34.6 Å². The van der Waals surface area contributed by atoms with Gasteiger partial charge in [-0.2, -0.15) is 0 Å². The van der Waals surface area contributed by atoms with Crippen molar-refractivity contribution in [3.63, 3.8) is 0 Å². The molecule has 6 heteroatoms. The topological polar surface area (TPSA) is 66.3 Å². The fourth-order valence-corrected chi connectivity index (χ4v) is 2.93. The molecule has 0 unspecified atom stereocenters. The van der Waals surface area contributed by atoms with Crippen LogP contribution in [0.25, 0.3) is 0 Å². The monoisotopic (exact) mass is 283 g/mol. The largest absolute Gasteiger partial charge is 0.386 e. The summed E-state index contributed by atoms with van der Waals surface area (Å²) in [5.74, 6) is 0.0865. The Morgan fingerprint density at radius 3 is 2.47 bits per heavy atom. The van der Waals surface area contributed by atoms with E-state index in [1.54, 1.807) is 4.90 Å².